The molecule has 10 heteroatoms. The summed E-state index contributed by atoms with van der Waals surface area (Å²) in [5.74, 6) is 0. The summed E-state index contributed by atoms with van der Waals surface area (Å²) in [6, 6.07) is 14.4. The first-order valence-corrected chi connectivity index (χ1v) is 15.9. The Bertz CT molecular complexity index is 1620. The third-order valence-corrected chi connectivity index (χ3v) is 9.41. The third-order valence-electron chi connectivity index (χ3n) is 8.87. The molecular formula is C33H38Cl2N8. The van der Waals surface area contributed by atoms with E-state index in [1.54, 1.807) is 6.20 Å². The van der Waals surface area contributed by atoms with Crippen molar-refractivity contribution in [3.63, 3.8) is 0 Å². The van der Waals surface area contributed by atoms with Gasteiger partial charge in [-0.1, -0.05) is 53.4 Å². The lowest BCUT2D eigenvalue weighted by atomic mass is 9.98. The molecule has 6 rings (SSSR count). The van der Waals surface area contributed by atoms with Crippen LogP contribution in [0.1, 0.15) is 88.2 Å². The number of likely N-dealkylation sites (tertiary alicyclic amines) is 1. The molecule has 8 nitrogen and oxygen atoms in total. The molecule has 3 heterocycles. The molecule has 4 aromatic rings. The molecule has 1 saturated heterocycles. The molecule has 0 spiro atoms. The Labute approximate surface area is 263 Å². The Hall–Kier alpha value is -3.38. The molecule has 2 fully saturated rings. The first kappa shape index (κ1) is 29.7. The fourth-order valence-corrected chi connectivity index (χ4v) is 6.80. The van der Waals surface area contributed by atoms with Crippen LogP contribution in [0.25, 0.3) is 10.9 Å². The van der Waals surface area contributed by atoms with Crippen molar-refractivity contribution in [2.75, 3.05) is 23.7 Å². The summed E-state index contributed by atoms with van der Waals surface area (Å²) < 4.78 is 2.03. The van der Waals surface area contributed by atoms with Crippen LogP contribution in [-0.2, 0) is 0 Å². The molecule has 2 N–H and O–H groups in total. The second-order valence-corrected chi connectivity index (χ2v) is 13.6. The Morgan fingerprint density at radius 3 is 2.42 bits per heavy atom. The van der Waals surface area contributed by atoms with E-state index in [0.717, 1.165) is 66.8 Å². The van der Waals surface area contributed by atoms with Gasteiger partial charge in [0.2, 0.25) is 0 Å². The van der Waals surface area contributed by atoms with E-state index in [2.05, 4.69) is 63.9 Å². The van der Waals surface area contributed by atoms with Gasteiger partial charge in [-0.3, -0.25) is 9.88 Å². The zero-order valence-corrected chi connectivity index (χ0v) is 26.5. The highest BCUT2D eigenvalue weighted by atomic mass is 35.5. The number of piperidine rings is 1. The standard InChI is InChI=1S/C33H38Cl2N8/c1-33(2,3)42-14-12-26(13-15-42)43-20-29(40-41-43)31(21-8-10-23(34)11-9-21)39-25-16-27-30(38-24-6-4-5-7-24)22(18-36)19-37-32(27)28(35)17-25/h8-11,16-17,19-20,24,26,31,39H,4-7,12-15H2,1-3H3,(H,37,38)/t31-/m0/s1. The molecule has 0 amide bonds. The van der Waals surface area contributed by atoms with Crippen molar-refractivity contribution in [1.82, 2.24) is 24.9 Å². The minimum absolute atomic E-state index is 0.166. The molecule has 1 aliphatic heterocycles. The highest BCUT2D eigenvalue weighted by Crippen LogP contribution is 2.37. The number of benzene rings is 2. The van der Waals surface area contributed by atoms with Gasteiger partial charge in [0.05, 0.1) is 40.1 Å². The van der Waals surface area contributed by atoms with E-state index >= 15 is 0 Å². The lowest BCUT2D eigenvalue weighted by Gasteiger charge is -2.40. The predicted molar refractivity (Wildman–Crippen MR) is 174 cm³/mol. The van der Waals surface area contributed by atoms with Gasteiger partial charge in [-0.25, -0.2) is 4.68 Å². The maximum Gasteiger partial charge on any atom is 0.109 e. The minimum Gasteiger partial charge on any atom is -0.381 e. The first-order chi connectivity index (χ1) is 20.7. The van der Waals surface area contributed by atoms with Gasteiger partial charge in [0.15, 0.2) is 0 Å². The van der Waals surface area contributed by atoms with E-state index in [-0.39, 0.29) is 11.6 Å². The van der Waals surface area contributed by atoms with Gasteiger partial charge in [-0.2, -0.15) is 5.26 Å². The maximum atomic E-state index is 9.91. The second kappa shape index (κ2) is 12.3. The SMILES string of the molecule is CC(C)(C)N1CCC(n2cc([C@@H](Nc3cc(Cl)c4ncc(C#N)c(NC5CCCC5)c4c3)c3ccc(Cl)cc3)nn2)CC1. The molecule has 2 aliphatic rings. The summed E-state index contributed by atoms with van der Waals surface area (Å²) in [5.41, 5.74) is 4.76. The van der Waals surface area contributed by atoms with Crippen molar-refractivity contribution in [1.29, 1.82) is 5.26 Å². The van der Waals surface area contributed by atoms with E-state index in [1.165, 1.54) is 12.8 Å². The lowest BCUT2D eigenvalue weighted by molar-refractivity contribution is 0.0866. The van der Waals surface area contributed by atoms with Crippen molar-refractivity contribution < 1.29 is 0 Å². The summed E-state index contributed by atoms with van der Waals surface area (Å²) in [7, 11) is 0. The van der Waals surface area contributed by atoms with Crippen LogP contribution in [0.4, 0.5) is 11.4 Å². The predicted octanol–water partition coefficient (Wildman–Crippen LogP) is 8.00. The molecule has 2 aromatic heterocycles. The van der Waals surface area contributed by atoms with Crippen LogP contribution in [0, 0.1) is 11.3 Å². The van der Waals surface area contributed by atoms with E-state index in [1.807, 2.05) is 41.1 Å². The molecule has 0 unspecified atom stereocenters. The Morgan fingerprint density at radius 1 is 1.02 bits per heavy atom. The van der Waals surface area contributed by atoms with Crippen molar-refractivity contribution >= 4 is 45.5 Å². The fraction of sp³-hybridized carbons (Fsp3) is 0.455. The number of pyridine rings is 1. The van der Waals surface area contributed by atoms with Crippen molar-refractivity contribution in [2.24, 2.45) is 0 Å². The first-order valence-electron chi connectivity index (χ1n) is 15.2. The minimum atomic E-state index is -0.299. The Balaban J connectivity index is 1.33. The summed E-state index contributed by atoms with van der Waals surface area (Å²) in [4.78, 5) is 7.08. The van der Waals surface area contributed by atoms with Gasteiger partial charge in [-0.05, 0) is 76.3 Å². The van der Waals surface area contributed by atoms with Crippen molar-refractivity contribution in [3.8, 4) is 6.07 Å². The van der Waals surface area contributed by atoms with Gasteiger partial charge < -0.3 is 10.6 Å². The number of aromatic nitrogens is 4. The van der Waals surface area contributed by atoms with E-state index in [0.29, 0.717) is 33.2 Å². The highest BCUT2D eigenvalue weighted by molar-refractivity contribution is 6.36. The quantitative estimate of drug-likeness (QED) is 0.217. The molecule has 0 radical (unpaired) electrons. The number of nitriles is 1. The largest absolute Gasteiger partial charge is 0.381 e. The van der Waals surface area contributed by atoms with Gasteiger partial charge in [0, 0.05) is 47.0 Å². The zero-order chi connectivity index (χ0) is 30.1. The fourth-order valence-electron chi connectivity index (χ4n) is 6.41. The smallest absolute Gasteiger partial charge is 0.109 e. The third kappa shape index (κ3) is 6.45. The zero-order valence-electron chi connectivity index (χ0n) is 24.9. The number of hydrogen-bond donors (Lipinski definition) is 2. The van der Waals surface area contributed by atoms with Crippen LogP contribution >= 0.6 is 23.2 Å². The molecule has 1 saturated carbocycles. The molecule has 43 heavy (non-hydrogen) atoms. The Morgan fingerprint density at radius 2 is 1.74 bits per heavy atom. The van der Waals surface area contributed by atoms with Gasteiger partial charge in [0.25, 0.3) is 0 Å². The van der Waals surface area contributed by atoms with Gasteiger partial charge in [-0.15, -0.1) is 5.10 Å². The Kier molecular flexibility index (Phi) is 8.50. The van der Waals surface area contributed by atoms with Gasteiger partial charge >= 0.3 is 0 Å². The average molecular weight is 618 g/mol. The van der Waals surface area contributed by atoms with Crippen LogP contribution < -0.4 is 10.6 Å². The number of rotatable bonds is 7. The van der Waals surface area contributed by atoms with E-state index in [9.17, 15) is 5.26 Å². The molecule has 2 aromatic carbocycles. The lowest BCUT2D eigenvalue weighted by Crippen LogP contribution is -2.46. The number of nitrogens with zero attached hydrogens (tertiary/aromatic N) is 6. The monoisotopic (exact) mass is 616 g/mol. The normalized spacial score (nSPS) is 17.7. The average Bonchev–Trinajstić information content (AvgIpc) is 3.69. The highest BCUT2D eigenvalue weighted by Gasteiger charge is 2.29. The van der Waals surface area contributed by atoms with Crippen LogP contribution in [0.2, 0.25) is 10.0 Å². The van der Waals surface area contributed by atoms with Crippen LogP contribution in [0.15, 0.2) is 48.8 Å². The van der Waals surface area contributed by atoms with Crippen molar-refractivity contribution in [3.05, 3.63) is 75.7 Å². The molecular weight excluding hydrogens is 579 g/mol. The van der Waals surface area contributed by atoms with Crippen LogP contribution in [-0.4, -0.2) is 49.5 Å². The maximum absolute atomic E-state index is 9.91. The summed E-state index contributed by atoms with van der Waals surface area (Å²) >= 11 is 13.1. The molecule has 1 atom stereocenters. The molecule has 224 valence electrons. The number of hydrogen-bond acceptors (Lipinski definition) is 7. The summed E-state index contributed by atoms with van der Waals surface area (Å²) in [5, 5.41) is 28.5. The van der Waals surface area contributed by atoms with E-state index in [4.69, 9.17) is 23.2 Å². The molecule has 0 bridgehead atoms. The topological polar surface area (TPSA) is 94.7 Å². The summed E-state index contributed by atoms with van der Waals surface area (Å²) in [6.07, 6.45) is 10.3. The van der Waals surface area contributed by atoms with Gasteiger partial charge in [0.1, 0.15) is 11.8 Å². The number of anilines is 2. The number of halogens is 2. The second-order valence-electron chi connectivity index (χ2n) is 12.8. The molecule has 1 aliphatic carbocycles. The van der Waals surface area contributed by atoms with Crippen molar-refractivity contribution in [2.45, 2.75) is 83.0 Å². The number of fused-ring (bicyclic) bond motifs is 1. The summed E-state index contributed by atoms with van der Waals surface area (Å²) in [6.45, 7) is 8.88. The van der Waals surface area contributed by atoms with E-state index < -0.39 is 0 Å². The number of nitrogens with one attached hydrogen (secondary N) is 2. The van der Waals surface area contributed by atoms with Crippen LogP contribution in [0.5, 0.6) is 0 Å². The van der Waals surface area contributed by atoms with Crippen LogP contribution in [0.3, 0.4) is 0 Å².